The maximum absolute atomic E-state index is 13.2. The van der Waals surface area contributed by atoms with E-state index in [1.54, 1.807) is 6.07 Å². The summed E-state index contributed by atoms with van der Waals surface area (Å²) >= 11 is 6.07. The molecule has 1 heterocycles. The predicted molar refractivity (Wildman–Crippen MR) is 79.3 cm³/mol. The number of nitrogens with one attached hydrogen (secondary N) is 1. The highest BCUT2D eigenvalue weighted by Crippen LogP contribution is 2.25. The smallest absolute Gasteiger partial charge is 0.125 e. The lowest BCUT2D eigenvalue weighted by Gasteiger charge is -2.33. The number of nitrogens with zero attached hydrogens (tertiary/aromatic N) is 1. The Labute approximate surface area is 119 Å². The molecule has 0 saturated carbocycles. The molecule has 19 heavy (non-hydrogen) atoms. The van der Waals surface area contributed by atoms with Gasteiger partial charge in [0.05, 0.1) is 10.7 Å². The van der Waals surface area contributed by atoms with Crippen molar-refractivity contribution < 1.29 is 4.39 Å². The molecule has 1 N–H and O–H groups in total. The van der Waals surface area contributed by atoms with Gasteiger partial charge in [0.15, 0.2) is 0 Å². The average Bonchev–Trinajstić information content (AvgIpc) is 2.35. The molecule has 0 radical (unpaired) electrons. The van der Waals surface area contributed by atoms with Crippen LogP contribution >= 0.6 is 11.6 Å². The van der Waals surface area contributed by atoms with Crippen LogP contribution < -0.4 is 5.32 Å². The standard InChI is InChI=1S/C15H22ClFN2/c1-11(2)10-19-7-5-13(6-8-19)18-15-9-12(17)3-4-14(15)16/h3-4,9,11,13,18H,5-8,10H2,1-2H3. The number of piperidine rings is 1. The number of halogens is 2. The van der Waals surface area contributed by atoms with E-state index >= 15 is 0 Å². The third-order valence-electron chi connectivity index (χ3n) is 3.50. The van der Waals surface area contributed by atoms with Gasteiger partial charge in [-0.2, -0.15) is 0 Å². The van der Waals surface area contributed by atoms with Crippen molar-refractivity contribution in [3.05, 3.63) is 29.0 Å². The summed E-state index contributed by atoms with van der Waals surface area (Å²) in [6, 6.07) is 4.86. The summed E-state index contributed by atoms with van der Waals surface area (Å²) in [4.78, 5) is 2.50. The molecule has 4 heteroatoms. The van der Waals surface area contributed by atoms with Crippen LogP contribution in [0.1, 0.15) is 26.7 Å². The highest BCUT2D eigenvalue weighted by Gasteiger charge is 2.20. The minimum absolute atomic E-state index is 0.246. The second-order valence-electron chi connectivity index (χ2n) is 5.74. The van der Waals surface area contributed by atoms with Crippen molar-refractivity contribution in [1.29, 1.82) is 0 Å². The molecule has 0 spiro atoms. The van der Waals surface area contributed by atoms with Crippen LogP contribution in [0.5, 0.6) is 0 Å². The zero-order chi connectivity index (χ0) is 13.8. The molecule has 0 aliphatic carbocycles. The maximum Gasteiger partial charge on any atom is 0.125 e. The molecule has 1 fully saturated rings. The van der Waals surface area contributed by atoms with E-state index in [1.165, 1.54) is 12.1 Å². The first kappa shape index (κ1) is 14.6. The van der Waals surface area contributed by atoms with Gasteiger partial charge in [-0.05, 0) is 37.0 Å². The Bertz CT molecular complexity index is 415. The molecule has 0 aromatic heterocycles. The number of hydrogen-bond donors (Lipinski definition) is 1. The highest BCUT2D eigenvalue weighted by molar-refractivity contribution is 6.33. The molecule has 1 saturated heterocycles. The molecular weight excluding hydrogens is 263 g/mol. The minimum atomic E-state index is -0.246. The van der Waals surface area contributed by atoms with E-state index in [0.717, 1.165) is 32.5 Å². The predicted octanol–water partition coefficient (Wildman–Crippen LogP) is 4.01. The van der Waals surface area contributed by atoms with Gasteiger partial charge in [0, 0.05) is 25.7 Å². The number of likely N-dealkylation sites (tertiary alicyclic amines) is 1. The minimum Gasteiger partial charge on any atom is -0.381 e. The van der Waals surface area contributed by atoms with Crippen molar-refractivity contribution in [1.82, 2.24) is 4.90 Å². The first-order valence-electron chi connectivity index (χ1n) is 6.98. The summed E-state index contributed by atoms with van der Waals surface area (Å²) in [5, 5.41) is 3.95. The molecule has 106 valence electrons. The molecule has 1 aromatic carbocycles. The Morgan fingerprint density at radius 3 is 2.68 bits per heavy atom. The lowest BCUT2D eigenvalue weighted by atomic mass is 10.0. The summed E-state index contributed by atoms with van der Waals surface area (Å²) in [6.45, 7) is 7.85. The third kappa shape index (κ3) is 4.36. The summed E-state index contributed by atoms with van der Waals surface area (Å²) in [5.41, 5.74) is 0.712. The number of rotatable bonds is 4. The van der Waals surface area contributed by atoms with E-state index in [0.29, 0.717) is 22.7 Å². The van der Waals surface area contributed by atoms with Crippen molar-refractivity contribution in [2.75, 3.05) is 25.0 Å². The fourth-order valence-corrected chi connectivity index (χ4v) is 2.78. The molecule has 1 aliphatic heterocycles. The van der Waals surface area contributed by atoms with Crippen molar-refractivity contribution in [2.45, 2.75) is 32.7 Å². The summed E-state index contributed by atoms with van der Waals surface area (Å²) in [6.07, 6.45) is 2.17. The van der Waals surface area contributed by atoms with E-state index in [2.05, 4.69) is 24.1 Å². The van der Waals surface area contributed by atoms with Crippen molar-refractivity contribution in [3.8, 4) is 0 Å². The molecule has 2 rings (SSSR count). The second-order valence-corrected chi connectivity index (χ2v) is 6.14. The lowest BCUT2D eigenvalue weighted by Crippen LogP contribution is -2.40. The molecule has 0 atom stereocenters. The van der Waals surface area contributed by atoms with E-state index < -0.39 is 0 Å². The van der Waals surface area contributed by atoms with Crippen LogP contribution in [0, 0.1) is 11.7 Å². The Hall–Kier alpha value is -0.800. The number of hydrogen-bond acceptors (Lipinski definition) is 2. The lowest BCUT2D eigenvalue weighted by molar-refractivity contribution is 0.198. The van der Waals surface area contributed by atoms with E-state index in [1.807, 2.05) is 0 Å². The van der Waals surface area contributed by atoms with Crippen LogP contribution in [0.3, 0.4) is 0 Å². The largest absolute Gasteiger partial charge is 0.381 e. The summed E-state index contributed by atoms with van der Waals surface area (Å²) in [5.74, 6) is 0.464. The third-order valence-corrected chi connectivity index (χ3v) is 3.83. The molecule has 0 unspecified atom stereocenters. The summed E-state index contributed by atoms with van der Waals surface area (Å²) < 4.78 is 13.2. The monoisotopic (exact) mass is 284 g/mol. The topological polar surface area (TPSA) is 15.3 Å². The zero-order valence-electron chi connectivity index (χ0n) is 11.6. The Kier molecular flexibility index (Phi) is 5.06. The van der Waals surface area contributed by atoms with Gasteiger partial charge in [-0.3, -0.25) is 0 Å². The highest BCUT2D eigenvalue weighted by atomic mass is 35.5. The Morgan fingerprint density at radius 1 is 1.37 bits per heavy atom. The first-order valence-corrected chi connectivity index (χ1v) is 7.36. The first-order chi connectivity index (χ1) is 9.04. The quantitative estimate of drug-likeness (QED) is 0.899. The molecule has 2 nitrogen and oxygen atoms in total. The van der Waals surface area contributed by atoms with Gasteiger partial charge in [-0.25, -0.2) is 4.39 Å². The van der Waals surface area contributed by atoms with Crippen LogP contribution in [-0.2, 0) is 0 Å². The maximum atomic E-state index is 13.2. The fraction of sp³-hybridized carbons (Fsp3) is 0.600. The molecular formula is C15H22ClFN2. The molecule has 0 amide bonds. The van der Waals surface area contributed by atoms with Crippen LogP contribution in [-0.4, -0.2) is 30.6 Å². The van der Waals surface area contributed by atoms with Gasteiger partial charge >= 0.3 is 0 Å². The number of benzene rings is 1. The Morgan fingerprint density at radius 2 is 2.05 bits per heavy atom. The van der Waals surface area contributed by atoms with Crippen LogP contribution in [0.2, 0.25) is 5.02 Å². The van der Waals surface area contributed by atoms with Gasteiger partial charge in [0.25, 0.3) is 0 Å². The van der Waals surface area contributed by atoms with Crippen molar-refractivity contribution >= 4 is 17.3 Å². The van der Waals surface area contributed by atoms with Crippen LogP contribution in [0.25, 0.3) is 0 Å². The summed E-state index contributed by atoms with van der Waals surface area (Å²) in [7, 11) is 0. The normalized spacial score (nSPS) is 17.9. The molecule has 1 aromatic rings. The molecule has 1 aliphatic rings. The zero-order valence-corrected chi connectivity index (χ0v) is 12.4. The van der Waals surface area contributed by atoms with Crippen LogP contribution in [0.15, 0.2) is 18.2 Å². The van der Waals surface area contributed by atoms with Crippen LogP contribution in [0.4, 0.5) is 10.1 Å². The van der Waals surface area contributed by atoms with Crippen molar-refractivity contribution in [3.63, 3.8) is 0 Å². The van der Waals surface area contributed by atoms with Crippen molar-refractivity contribution in [2.24, 2.45) is 5.92 Å². The van der Waals surface area contributed by atoms with Gasteiger partial charge in [0.2, 0.25) is 0 Å². The van der Waals surface area contributed by atoms with Gasteiger partial charge in [-0.15, -0.1) is 0 Å². The Balaban J connectivity index is 1.87. The van der Waals surface area contributed by atoms with E-state index in [-0.39, 0.29) is 5.82 Å². The fourth-order valence-electron chi connectivity index (χ4n) is 2.60. The van der Waals surface area contributed by atoms with Gasteiger partial charge < -0.3 is 10.2 Å². The van der Waals surface area contributed by atoms with E-state index in [9.17, 15) is 4.39 Å². The molecule has 0 bridgehead atoms. The second kappa shape index (κ2) is 6.58. The van der Waals surface area contributed by atoms with Gasteiger partial charge in [0.1, 0.15) is 5.82 Å². The SMILES string of the molecule is CC(C)CN1CCC(Nc2cc(F)ccc2Cl)CC1. The number of anilines is 1. The van der Waals surface area contributed by atoms with Gasteiger partial charge in [-0.1, -0.05) is 25.4 Å². The van der Waals surface area contributed by atoms with E-state index in [4.69, 9.17) is 11.6 Å². The average molecular weight is 285 g/mol.